The molecule has 1 aliphatic heterocycles. The normalized spacial score (nSPS) is 16.4. The third-order valence-electron chi connectivity index (χ3n) is 3.27. The lowest BCUT2D eigenvalue weighted by molar-refractivity contribution is -0.142. The van der Waals surface area contributed by atoms with E-state index in [1.165, 1.54) is 0 Å². The van der Waals surface area contributed by atoms with Crippen LogP contribution >= 0.6 is 0 Å². The Morgan fingerprint density at radius 1 is 1.35 bits per heavy atom. The summed E-state index contributed by atoms with van der Waals surface area (Å²) < 4.78 is 4.86. The first-order chi connectivity index (χ1) is 9.49. The summed E-state index contributed by atoms with van der Waals surface area (Å²) in [5.41, 5.74) is 0. The van der Waals surface area contributed by atoms with Crippen LogP contribution in [-0.2, 0) is 9.53 Å². The second-order valence-corrected chi connectivity index (χ2v) is 5.37. The van der Waals surface area contributed by atoms with E-state index in [9.17, 15) is 9.59 Å². The van der Waals surface area contributed by atoms with Gasteiger partial charge in [0.2, 0.25) is 0 Å². The van der Waals surface area contributed by atoms with Gasteiger partial charge in [-0.05, 0) is 32.9 Å². The number of rotatable bonds is 7. The van der Waals surface area contributed by atoms with E-state index in [2.05, 4.69) is 24.3 Å². The molecule has 0 radical (unpaired) electrons. The minimum absolute atomic E-state index is 0.0905. The van der Waals surface area contributed by atoms with E-state index in [1.807, 2.05) is 4.90 Å². The lowest BCUT2D eigenvalue weighted by atomic mass is 9.97. The number of hydrogen-bond donors (Lipinski definition) is 2. The second-order valence-electron chi connectivity index (χ2n) is 5.37. The van der Waals surface area contributed by atoms with Gasteiger partial charge in [-0.15, -0.1) is 0 Å². The third kappa shape index (κ3) is 6.72. The van der Waals surface area contributed by atoms with E-state index >= 15 is 0 Å². The van der Waals surface area contributed by atoms with Crippen LogP contribution in [0.15, 0.2) is 0 Å². The first kappa shape index (κ1) is 16.7. The van der Waals surface area contributed by atoms with E-state index in [-0.39, 0.29) is 19.2 Å². The van der Waals surface area contributed by atoms with Crippen LogP contribution in [0.5, 0.6) is 0 Å². The fourth-order valence-corrected chi connectivity index (χ4v) is 2.34. The van der Waals surface area contributed by atoms with Crippen molar-refractivity contribution in [2.24, 2.45) is 5.92 Å². The Balaban J connectivity index is 2.11. The molecule has 2 N–H and O–H groups in total. The average Bonchev–Trinajstić information content (AvgIpc) is 2.38. The topological polar surface area (TPSA) is 82.1 Å². The van der Waals surface area contributed by atoms with Crippen LogP contribution in [0.4, 0.5) is 4.79 Å². The van der Waals surface area contributed by atoms with Crippen LogP contribution in [0.3, 0.4) is 0 Å². The molecular formula is C13H25N3O4. The largest absolute Gasteiger partial charge is 0.480 e. The third-order valence-corrected chi connectivity index (χ3v) is 3.27. The van der Waals surface area contributed by atoms with E-state index < -0.39 is 5.97 Å². The summed E-state index contributed by atoms with van der Waals surface area (Å²) in [6.07, 6.45) is 2.06. The molecule has 0 atom stereocenters. The van der Waals surface area contributed by atoms with Crippen LogP contribution in [0, 0.1) is 5.92 Å². The Labute approximate surface area is 119 Å². The molecule has 0 aromatic rings. The Morgan fingerprint density at radius 3 is 2.55 bits per heavy atom. The highest BCUT2D eigenvalue weighted by Gasteiger charge is 2.22. The number of carbonyl (C=O) groups excluding carboxylic acids is 1. The molecule has 116 valence electrons. The second kappa shape index (κ2) is 8.76. The van der Waals surface area contributed by atoms with Gasteiger partial charge >= 0.3 is 12.0 Å². The Hall–Kier alpha value is -1.34. The van der Waals surface area contributed by atoms with Gasteiger partial charge in [0.15, 0.2) is 0 Å². The molecule has 0 aromatic heterocycles. The van der Waals surface area contributed by atoms with Crippen LogP contribution in [0.25, 0.3) is 0 Å². The SMILES string of the molecule is CN(C)CC1CCN(C(=O)NCCOCC(=O)O)CC1. The molecule has 1 rings (SSSR count). The number of carboxylic acids is 1. The van der Waals surface area contributed by atoms with Crippen LogP contribution in [-0.4, -0.2) is 80.4 Å². The van der Waals surface area contributed by atoms with Crippen molar-refractivity contribution in [3.05, 3.63) is 0 Å². The summed E-state index contributed by atoms with van der Waals surface area (Å²) in [5.74, 6) is -0.341. The van der Waals surface area contributed by atoms with Crippen molar-refractivity contribution in [1.29, 1.82) is 0 Å². The smallest absolute Gasteiger partial charge is 0.329 e. The molecule has 0 aromatic carbocycles. The number of amides is 2. The van der Waals surface area contributed by atoms with E-state index in [0.29, 0.717) is 12.5 Å². The zero-order chi connectivity index (χ0) is 15.0. The molecule has 20 heavy (non-hydrogen) atoms. The minimum atomic E-state index is -1.00. The van der Waals surface area contributed by atoms with Gasteiger partial charge in [0.25, 0.3) is 0 Å². The van der Waals surface area contributed by atoms with Crippen LogP contribution < -0.4 is 5.32 Å². The van der Waals surface area contributed by atoms with Gasteiger partial charge in [-0.25, -0.2) is 9.59 Å². The minimum Gasteiger partial charge on any atom is -0.480 e. The van der Waals surface area contributed by atoms with Crippen molar-refractivity contribution in [2.75, 3.05) is 53.5 Å². The molecule has 0 unspecified atom stereocenters. The number of nitrogens with zero attached hydrogens (tertiary/aromatic N) is 2. The molecule has 1 aliphatic rings. The maximum absolute atomic E-state index is 11.9. The standard InChI is InChI=1S/C13H25N3O4/c1-15(2)9-11-3-6-16(7-4-11)13(19)14-5-8-20-10-12(17)18/h11H,3-10H2,1-2H3,(H,14,19)(H,17,18). The lowest BCUT2D eigenvalue weighted by Gasteiger charge is -2.33. The molecule has 7 nitrogen and oxygen atoms in total. The molecule has 0 bridgehead atoms. The van der Waals surface area contributed by atoms with Gasteiger partial charge in [-0.3, -0.25) is 0 Å². The van der Waals surface area contributed by atoms with Crippen molar-refractivity contribution in [3.63, 3.8) is 0 Å². The fourth-order valence-electron chi connectivity index (χ4n) is 2.34. The average molecular weight is 287 g/mol. The highest BCUT2D eigenvalue weighted by molar-refractivity contribution is 5.74. The first-order valence-electron chi connectivity index (χ1n) is 6.96. The zero-order valence-corrected chi connectivity index (χ0v) is 12.3. The molecule has 2 amide bonds. The summed E-state index contributed by atoms with van der Waals surface area (Å²) in [6.45, 7) is 2.85. The molecule has 7 heteroatoms. The predicted molar refractivity (Wildman–Crippen MR) is 74.7 cm³/mol. The van der Waals surface area contributed by atoms with Gasteiger partial charge in [0.05, 0.1) is 6.61 Å². The van der Waals surface area contributed by atoms with E-state index in [0.717, 1.165) is 32.5 Å². The van der Waals surface area contributed by atoms with Gasteiger partial charge in [-0.1, -0.05) is 0 Å². The molecule has 0 aliphatic carbocycles. The predicted octanol–water partition coefficient (Wildman–Crippen LogP) is 0.0708. The summed E-state index contributed by atoms with van der Waals surface area (Å²) in [7, 11) is 4.13. The number of nitrogens with one attached hydrogen (secondary N) is 1. The van der Waals surface area contributed by atoms with Gasteiger partial charge in [0, 0.05) is 26.2 Å². The van der Waals surface area contributed by atoms with Crippen molar-refractivity contribution in [2.45, 2.75) is 12.8 Å². The number of likely N-dealkylation sites (tertiary alicyclic amines) is 1. The molecule has 0 saturated carbocycles. The van der Waals surface area contributed by atoms with E-state index in [1.54, 1.807) is 0 Å². The van der Waals surface area contributed by atoms with Crippen molar-refractivity contribution >= 4 is 12.0 Å². The number of hydrogen-bond acceptors (Lipinski definition) is 4. The number of urea groups is 1. The highest BCUT2D eigenvalue weighted by atomic mass is 16.5. The summed E-state index contributed by atoms with van der Waals surface area (Å²) in [6, 6.07) is -0.0905. The Kier molecular flexibility index (Phi) is 7.32. The Bertz CT molecular complexity index is 315. The number of carboxylic acid groups (broad SMARTS) is 1. The lowest BCUT2D eigenvalue weighted by Crippen LogP contribution is -2.46. The van der Waals surface area contributed by atoms with Gasteiger partial charge in [-0.2, -0.15) is 0 Å². The summed E-state index contributed by atoms with van der Waals surface area (Å²) in [5, 5.41) is 11.1. The maximum atomic E-state index is 11.9. The molecule has 1 heterocycles. The summed E-state index contributed by atoms with van der Waals surface area (Å²) >= 11 is 0. The quantitative estimate of drug-likeness (QED) is 0.648. The first-order valence-corrected chi connectivity index (χ1v) is 6.96. The number of ether oxygens (including phenoxy) is 1. The van der Waals surface area contributed by atoms with Gasteiger partial charge < -0.3 is 25.0 Å². The molecule has 1 saturated heterocycles. The number of aliphatic carboxylic acids is 1. The van der Waals surface area contributed by atoms with Crippen molar-refractivity contribution < 1.29 is 19.4 Å². The van der Waals surface area contributed by atoms with Crippen molar-refractivity contribution in [3.8, 4) is 0 Å². The highest BCUT2D eigenvalue weighted by Crippen LogP contribution is 2.17. The number of carbonyl (C=O) groups is 2. The van der Waals surface area contributed by atoms with E-state index in [4.69, 9.17) is 9.84 Å². The maximum Gasteiger partial charge on any atom is 0.329 e. The zero-order valence-electron chi connectivity index (χ0n) is 12.3. The van der Waals surface area contributed by atoms with Crippen LogP contribution in [0.2, 0.25) is 0 Å². The summed E-state index contributed by atoms with van der Waals surface area (Å²) in [4.78, 5) is 26.1. The van der Waals surface area contributed by atoms with Gasteiger partial charge in [0.1, 0.15) is 6.61 Å². The van der Waals surface area contributed by atoms with Crippen LogP contribution in [0.1, 0.15) is 12.8 Å². The van der Waals surface area contributed by atoms with Crippen molar-refractivity contribution in [1.82, 2.24) is 15.1 Å². The molecule has 1 fully saturated rings. The fraction of sp³-hybridized carbons (Fsp3) is 0.846. The monoisotopic (exact) mass is 287 g/mol. The Morgan fingerprint density at radius 2 is 2.00 bits per heavy atom. The molecule has 0 spiro atoms. The number of piperidine rings is 1. The molecular weight excluding hydrogens is 262 g/mol.